The van der Waals surface area contributed by atoms with Gasteiger partial charge in [0.05, 0.1) is 19.6 Å². The zero-order chi connectivity index (χ0) is 8.41. The molecule has 0 amide bonds. The first-order chi connectivity index (χ1) is 4.76. The highest BCUT2D eigenvalue weighted by atomic mass is 79.9. The number of quaternary nitrogens is 1. The molecule has 0 aromatic carbocycles. The van der Waals surface area contributed by atoms with Crippen molar-refractivity contribution in [2.45, 2.75) is 41.0 Å². The fraction of sp³-hybridized carbons (Fsp3) is 1.00. The first kappa shape index (κ1) is 23.1. The molecule has 1 nitrogen and oxygen atoms in total. The van der Waals surface area contributed by atoms with Gasteiger partial charge in [-0.05, 0) is 20.8 Å². The monoisotopic (exact) mass is 304 g/mol. The van der Waals surface area contributed by atoms with E-state index < -0.39 is 0 Å². The van der Waals surface area contributed by atoms with Crippen LogP contribution in [0.2, 0.25) is 0 Å². The highest BCUT2D eigenvalue weighted by Crippen LogP contribution is 1.56. The molecule has 0 saturated carbocycles. The maximum absolute atomic E-state index is 2.22. The van der Waals surface area contributed by atoms with Crippen LogP contribution in [-0.4, -0.2) is 19.6 Å². The van der Waals surface area contributed by atoms with Crippen LogP contribution >= 0.6 is 0 Å². The quantitative estimate of drug-likeness (QED) is 0.535. The molecule has 0 rings (SSSR count). The molecular weight excluding hydrogens is 282 g/mol. The van der Waals surface area contributed by atoms with Crippen molar-refractivity contribution >= 4 is 0 Å². The SMILES string of the molecule is CCC.CC[NH+](CC)CC.[Br-].[Br-]. The molecule has 0 spiro atoms. The van der Waals surface area contributed by atoms with E-state index in [1.165, 1.54) is 26.1 Å². The molecule has 0 fully saturated rings. The molecule has 0 aliphatic carbocycles. The molecule has 80 valence electrons. The van der Waals surface area contributed by atoms with Gasteiger partial charge in [-0.1, -0.05) is 20.3 Å². The van der Waals surface area contributed by atoms with Gasteiger partial charge in [-0.15, -0.1) is 0 Å². The number of hydrogen-bond donors (Lipinski definition) is 1. The molecule has 0 bridgehead atoms. The normalized spacial score (nSPS) is 7.50. The lowest BCUT2D eigenvalue weighted by Crippen LogP contribution is -3.11. The Labute approximate surface area is 99.4 Å². The average Bonchev–Trinajstić information content (AvgIpc) is 1.93. The lowest BCUT2D eigenvalue weighted by molar-refractivity contribution is -0.894. The van der Waals surface area contributed by atoms with Crippen LogP contribution in [0.5, 0.6) is 0 Å². The van der Waals surface area contributed by atoms with E-state index in [1.54, 1.807) is 4.90 Å². The Morgan fingerprint density at radius 1 is 0.667 bits per heavy atom. The van der Waals surface area contributed by atoms with Gasteiger partial charge in [0, 0.05) is 0 Å². The van der Waals surface area contributed by atoms with Gasteiger partial charge in [-0.3, -0.25) is 0 Å². The fourth-order valence-electron chi connectivity index (χ4n) is 0.750. The number of hydrogen-bond acceptors (Lipinski definition) is 0. The van der Waals surface area contributed by atoms with Crippen molar-refractivity contribution in [3.8, 4) is 0 Å². The van der Waals surface area contributed by atoms with Gasteiger partial charge in [0.25, 0.3) is 0 Å². The molecule has 0 aliphatic heterocycles. The Kier molecular flexibility index (Phi) is 43.6. The average molecular weight is 306 g/mol. The predicted octanol–water partition coefficient (Wildman–Crippen LogP) is -4.64. The Morgan fingerprint density at radius 3 is 0.833 bits per heavy atom. The first-order valence-electron chi connectivity index (χ1n) is 4.60. The minimum Gasteiger partial charge on any atom is -1.00 e. The molecule has 12 heavy (non-hydrogen) atoms. The van der Waals surface area contributed by atoms with E-state index in [4.69, 9.17) is 0 Å². The third kappa shape index (κ3) is 22.4. The van der Waals surface area contributed by atoms with E-state index in [9.17, 15) is 0 Å². The van der Waals surface area contributed by atoms with Crippen LogP contribution in [0.1, 0.15) is 41.0 Å². The summed E-state index contributed by atoms with van der Waals surface area (Å²) in [5, 5.41) is 0. The minimum atomic E-state index is 0. The number of halogens is 2. The van der Waals surface area contributed by atoms with Gasteiger partial charge in [-0.2, -0.15) is 0 Å². The lowest BCUT2D eigenvalue weighted by Gasteiger charge is -2.10. The van der Waals surface area contributed by atoms with Crippen molar-refractivity contribution in [3.05, 3.63) is 0 Å². The second-order valence-electron chi connectivity index (χ2n) is 2.52. The molecule has 0 unspecified atom stereocenters. The van der Waals surface area contributed by atoms with E-state index in [-0.39, 0.29) is 34.0 Å². The van der Waals surface area contributed by atoms with Gasteiger partial charge in [0.1, 0.15) is 0 Å². The molecule has 0 radical (unpaired) electrons. The van der Waals surface area contributed by atoms with Crippen LogP contribution in [0, 0.1) is 0 Å². The zero-order valence-electron chi connectivity index (χ0n) is 9.08. The third-order valence-corrected chi connectivity index (χ3v) is 1.50. The van der Waals surface area contributed by atoms with Crippen molar-refractivity contribution in [2.24, 2.45) is 0 Å². The van der Waals surface area contributed by atoms with Crippen LogP contribution in [0.15, 0.2) is 0 Å². The van der Waals surface area contributed by atoms with Crippen molar-refractivity contribution in [1.29, 1.82) is 0 Å². The van der Waals surface area contributed by atoms with Crippen molar-refractivity contribution < 1.29 is 38.9 Å². The van der Waals surface area contributed by atoms with E-state index >= 15 is 0 Å². The third-order valence-electron chi connectivity index (χ3n) is 1.50. The molecule has 0 heterocycles. The topological polar surface area (TPSA) is 4.44 Å². The fourth-order valence-corrected chi connectivity index (χ4v) is 0.750. The smallest absolute Gasteiger partial charge is 0.0742 e. The largest absolute Gasteiger partial charge is 1.00 e. The summed E-state index contributed by atoms with van der Waals surface area (Å²) in [6.07, 6.45) is 1.25. The zero-order valence-corrected chi connectivity index (χ0v) is 12.3. The number of nitrogens with one attached hydrogen (secondary N) is 1. The summed E-state index contributed by atoms with van der Waals surface area (Å²) in [5.41, 5.74) is 0. The summed E-state index contributed by atoms with van der Waals surface area (Å²) < 4.78 is 0. The molecule has 0 aliphatic rings. The van der Waals surface area contributed by atoms with Gasteiger partial charge < -0.3 is 38.9 Å². The Bertz CT molecular complexity index is 42.3. The van der Waals surface area contributed by atoms with Crippen LogP contribution in [-0.2, 0) is 0 Å². The summed E-state index contributed by atoms with van der Waals surface area (Å²) in [6, 6.07) is 0. The second-order valence-corrected chi connectivity index (χ2v) is 2.52. The first-order valence-corrected chi connectivity index (χ1v) is 4.60. The van der Waals surface area contributed by atoms with Gasteiger partial charge in [0.2, 0.25) is 0 Å². The Morgan fingerprint density at radius 2 is 0.833 bits per heavy atom. The number of rotatable bonds is 3. The summed E-state index contributed by atoms with van der Waals surface area (Å²) in [6.45, 7) is 14.7. The highest BCUT2D eigenvalue weighted by molar-refractivity contribution is 4.11. The summed E-state index contributed by atoms with van der Waals surface area (Å²) in [5.74, 6) is 0. The Balaban J connectivity index is -0.0000000569. The van der Waals surface area contributed by atoms with E-state index in [1.807, 2.05) is 0 Å². The van der Waals surface area contributed by atoms with Crippen molar-refractivity contribution in [2.75, 3.05) is 19.6 Å². The van der Waals surface area contributed by atoms with Crippen LogP contribution in [0.3, 0.4) is 0 Å². The predicted molar refractivity (Wildman–Crippen MR) is 48.6 cm³/mol. The van der Waals surface area contributed by atoms with Crippen molar-refractivity contribution in [1.82, 2.24) is 0 Å². The van der Waals surface area contributed by atoms with Gasteiger partial charge in [-0.25, -0.2) is 0 Å². The standard InChI is InChI=1S/C6H15N.C3H8.2BrH/c1-4-7(5-2)6-3;1-3-2;;/h4-6H2,1-3H3;3H2,1-2H3;2*1H/p-1. The van der Waals surface area contributed by atoms with E-state index in [2.05, 4.69) is 34.6 Å². The second kappa shape index (κ2) is 22.7. The summed E-state index contributed by atoms with van der Waals surface area (Å²) >= 11 is 0. The molecule has 0 atom stereocenters. The minimum absolute atomic E-state index is 0. The summed E-state index contributed by atoms with van der Waals surface area (Å²) in [7, 11) is 0. The molecule has 3 heteroatoms. The molecule has 0 aromatic heterocycles. The van der Waals surface area contributed by atoms with Gasteiger partial charge in [0.15, 0.2) is 0 Å². The van der Waals surface area contributed by atoms with Crippen LogP contribution in [0.25, 0.3) is 0 Å². The van der Waals surface area contributed by atoms with E-state index in [0.717, 1.165) is 0 Å². The van der Waals surface area contributed by atoms with E-state index in [0.29, 0.717) is 0 Å². The maximum Gasteiger partial charge on any atom is 0.0742 e. The van der Waals surface area contributed by atoms with Crippen molar-refractivity contribution in [3.63, 3.8) is 0 Å². The summed E-state index contributed by atoms with van der Waals surface area (Å²) in [4.78, 5) is 1.68. The molecule has 1 N–H and O–H groups in total. The molecule has 0 saturated heterocycles. The molecular formula is C9H24Br2N-. The van der Waals surface area contributed by atoms with Crippen LogP contribution < -0.4 is 38.9 Å². The van der Waals surface area contributed by atoms with Crippen LogP contribution in [0.4, 0.5) is 0 Å². The lowest BCUT2D eigenvalue weighted by atomic mass is 10.5. The Hall–Kier alpha value is 0.920. The maximum atomic E-state index is 2.22. The molecule has 0 aromatic rings. The van der Waals surface area contributed by atoms with Gasteiger partial charge >= 0.3 is 0 Å². The highest BCUT2D eigenvalue weighted by Gasteiger charge is 1.92.